The molecule has 0 spiro atoms. The number of fused-ring (bicyclic) bond motifs is 1. The van der Waals surface area contributed by atoms with Gasteiger partial charge in [0.2, 0.25) is 0 Å². The molecule has 0 aliphatic carbocycles. The van der Waals surface area contributed by atoms with E-state index in [1.807, 2.05) is 24.3 Å². The summed E-state index contributed by atoms with van der Waals surface area (Å²) in [5.41, 5.74) is 2.13. The molecular formula is C12H11NO2. The second-order valence-electron chi connectivity index (χ2n) is 3.25. The first kappa shape index (κ1) is 9.65. The summed E-state index contributed by atoms with van der Waals surface area (Å²) in [6.45, 7) is 0.901. The quantitative estimate of drug-likeness (QED) is 0.560. The Labute approximate surface area is 87.7 Å². The molecule has 2 rings (SSSR count). The summed E-state index contributed by atoms with van der Waals surface area (Å²) in [7, 11) is 0. The molecule has 3 nitrogen and oxygen atoms in total. The number of carbonyl (C=O) groups is 1. The molecule has 76 valence electrons. The number of ether oxygens (including phenoxy) is 1. The zero-order valence-electron chi connectivity index (χ0n) is 8.22. The minimum atomic E-state index is 0.426. The van der Waals surface area contributed by atoms with E-state index in [-0.39, 0.29) is 0 Å². The second-order valence-corrected chi connectivity index (χ2v) is 3.25. The molecule has 0 amide bonds. The van der Waals surface area contributed by atoms with Crippen molar-refractivity contribution >= 4 is 17.4 Å². The third-order valence-corrected chi connectivity index (χ3v) is 2.24. The van der Waals surface area contributed by atoms with E-state index in [0.29, 0.717) is 13.1 Å². The highest BCUT2D eigenvalue weighted by Crippen LogP contribution is 2.13. The fraction of sp³-hybridized carbons (Fsp3) is 0.167. The Hall–Kier alpha value is -1.90. The first-order valence-corrected chi connectivity index (χ1v) is 4.79. The minimum Gasteiger partial charge on any atom is -0.468 e. The van der Waals surface area contributed by atoms with Crippen LogP contribution in [0.4, 0.5) is 0 Å². The lowest BCUT2D eigenvalue weighted by molar-refractivity contribution is -0.128. The Morgan fingerprint density at radius 1 is 1.33 bits per heavy atom. The van der Waals surface area contributed by atoms with Gasteiger partial charge in [-0.25, -0.2) is 0 Å². The number of pyridine rings is 1. The van der Waals surface area contributed by atoms with Crippen LogP contribution in [-0.4, -0.2) is 18.1 Å². The summed E-state index contributed by atoms with van der Waals surface area (Å²) < 4.78 is 4.65. The molecule has 0 radical (unpaired) electrons. The molecule has 2 aromatic rings. The van der Waals surface area contributed by atoms with Crippen molar-refractivity contribution in [3.05, 3.63) is 42.1 Å². The van der Waals surface area contributed by atoms with Gasteiger partial charge in [-0.05, 0) is 23.8 Å². The van der Waals surface area contributed by atoms with Crippen molar-refractivity contribution in [1.82, 2.24) is 4.98 Å². The Morgan fingerprint density at radius 3 is 3.13 bits per heavy atom. The smallest absolute Gasteiger partial charge is 0.293 e. The van der Waals surface area contributed by atoms with Crippen LogP contribution in [0.15, 0.2) is 36.5 Å². The van der Waals surface area contributed by atoms with Crippen LogP contribution in [0.1, 0.15) is 5.56 Å². The van der Waals surface area contributed by atoms with Gasteiger partial charge < -0.3 is 4.74 Å². The van der Waals surface area contributed by atoms with Crippen LogP contribution in [0.25, 0.3) is 10.9 Å². The number of benzene rings is 1. The summed E-state index contributed by atoms with van der Waals surface area (Å²) in [6.07, 6.45) is 2.51. The van der Waals surface area contributed by atoms with Crippen LogP contribution in [0.3, 0.4) is 0 Å². The molecule has 0 atom stereocenters. The summed E-state index contributed by atoms with van der Waals surface area (Å²) >= 11 is 0. The van der Waals surface area contributed by atoms with Crippen molar-refractivity contribution in [2.75, 3.05) is 6.61 Å². The van der Waals surface area contributed by atoms with E-state index >= 15 is 0 Å². The van der Waals surface area contributed by atoms with Gasteiger partial charge in [0.25, 0.3) is 6.47 Å². The molecule has 0 saturated heterocycles. The van der Waals surface area contributed by atoms with E-state index in [9.17, 15) is 4.79 Å². The molecule has 0 N–H and O–H groups in total. The molecule has 0 unspecified atom stereocenters. The first-order chi connectivity index (χ1) is 7.40. The molecule has 0 bridgehead atoms. The van der Waals surface area contributed by atoms with Crippen molar-refractivity contribution < 1.29 is 9.53 Å². The van der Waals surface area contributed by atoms with E-state index in [1.165, 1.54) is 0 Å². The zero-order chi connectivity index (χ0) is 10.5. The zero-order valence-corrected chi connectivity index (χ0v) is 8.22. The van der Waals surface area contributed by atoms with Gasteiger partial charge in [0.05, 0.1) is 12.1 Å². The Balaban J connectivity index is 2.19. The predicted octanol–water partition coefficient (Wildman–Crippen LogP) is 1.95. The van der Waals surface area contributed by atoms with Crippen LogP contribution in [0.2, 0.25) is 0 Å². The van der Waals surface area contributed by atoms with Gasteiger partial charge in [0.15, 0.2) is 0 Å². The monoisotopic (exact) mass is 201 g/mol. The molecule has 0 aliphatic heterocycles. The van der Waals surface area contributed by atoms with Crippen molar-refractivity contribution in [3.8, 4) is 0 Å². The molecule has 0 aliphatic rings. The van der Waals surface area contributed by atoms with Gasteiger partial charge in [-0.15, -0.1) is 0 Å². The highest BCUT2D eigenvalue weighted by molar-refractivity contribution is 5.78. The maximum atomic E-state index is 9.98. The average Bonchev–Trinajstić information content (AvgIpc) is 2.29. The van der Waals surface area contributed by atoms with E-state index < -0.39 is 0 Å². The summed E-state index contributed by atoms with van der Waals surface area (Å²) in [4.78, 5) is 14.2. The number of hydrogen-bond acceptors (Lipinski definition) is 3. The fourth-order valence-electron chi connectivity index (χ4n) is 1.51. The largest absolute Gasteiger partial charge is 0.468 e. The van der Waals surface area contributed by atoms with Crippen LogP contribution >= 0.6 is 0 Å². The van der Waals surface area contributed by atoms with Gasteiger partial charge in [-0.3, -0.25) is 9.78 Å². The lowest BCUT2D eigenvalue weighted by Crippen LogP contribution is -1.96. The highest BCUT2D eigenvalue weighted by Gasteiger charge is 1.96. The third kappa shape index (κ3) is 2.31. The molecule has 1 heterocycles. The van der Waals surface area contributed by atoms with E-state index in [2.05, 4.69) is 15.8 Å². The van der Waals surface area contributed by atoms with Gasteiger partial charge in [0.1, 0.15) is 0 Å². The highest BCUT2D eigenvalue weighted by atomic mass is 16.5. The van der Waals surface area contributed by atoms with Crippen LogP contribution in [0.5, 0.6) is 0 Å². The Bertz CT molecular complexity index is 468. The van der Waals surface area contributed by atoms with Crippen molar-refractivity contribution in [2.24, 2.45) is 0 Å². The van der Waals surface area contributed by atoms with Crippen LogP contribution in [0, 0.1) is 0 Å². The topological polar surface area (TPSA) is 39.2 Å². The lowest BCUT2D eigenvalue weighted by atomic mass is 10.1. The summed E-state index contributed by atoms with van der Waals surface area (Å²) in [5.74, 6) is 0. The summed E-state index contributed by atoms with van der Waals surface area (Å²) in [5, 5.41) is 1.11. The molecule has 3 heteroatoms. The molecular weight excluding hydrogens is 190 g/mol. The second kappa shape index (κ2) is 4.55. The lowest BCUT2D eigenvalue weighted by Gasteiger charge is -2.02. The number of nitrogens with zero attached hydrogens (tertiary/aromatic N) is 1. The molecule has 1 aromatic heterocycles. The van der Waals surface area contributed by atoms with Gasteiger partial charge in [-0.1, -0.05) is 12.1 Å². The predicted molar refractivity (Wildman–Crippen MR) is 57.5 cm³/mol. The number of carbonyl (C=O) groups excluding carboxylic acids is 1. The molecule has 15 heavy (non-hydrogen) atoms. The Kier molecular flexibility index (Phi) is 2.93. The van der Waals surface area contributed by atoms with Crippen LogP contribution < -0.4 is 0 Å². The maximum absolute atomic E-state index is 9.98. The number of rotatable bonds is 4. The fourth-order valence-corrected chi connectivity index (χ4v) is 1.51. The van der Waals surface area contributed by atoms with Crippen molar-refractivity contribution in [3.63, 3.8) is 0 Å². The minimum absolute atomic E-state index is 0.426. The molecule has 0 saturated carbocycles. The SMILES string of the molecule is O=COCCc1ccc2ncccc2c1. The Morgan fingerprint density at radius 2 is 2.27 bits per heavy atom. The van der Waals surface area contributed by atoms with Gasteiger partial charge in [-0.2, -0.15) is 0 Å². The van der Waals surface area contributed by atoms with Crippen molar-refractivity contribution in [2.45, 2.75) is 6.42 Å². The van der Waals surface area contributed by atoms with Crippen molar-refractivity contribution in [1.29, 1.82) is 0 Å². The van der Waals surface area contributed by atoms with Gasteiger partial charge in [0, 0.05) is 18.0 Å². The maximum Gasteiger partial charge on any atom is 0.293 e. The van der Waals surface area contributed by atoms with E-state index in [1.54, 1.807) is 6.20 Å². The normalized spacial score (nSPS) is 10.1. The molecule has 1 aromatic carbocycles. The standard InChI is InChI=1S/C12H11NO2/c14-9-15-7-5-10-3-4-12-11(8-10)2-1-6-13-12/h1-4,6,8-9H,5,7H2. The summed E-state index contributed by atoms with van der Waals surface area (Å²) in [6, 6.07) is 9.98. The average molecular weight is 201 g/mol. The number of aromatic nitrogens is 1. The third-order valence-electron chi connectivity index (χ3n) is 2.24. The number of hydrogen-bond donors (Lipinski definition) is 0. The van der Waals surface area contributed by atoms with E-state index in [4.69, 9.17) is 0 Å². The molecule has 0 fully saturated rings. The first-order valence-electron chi connectivity index (χ1n) is 4.79. The van der Waals surface area contributed by atoms with Gasteiger partial charge >= 0.3 is 0 Å². The van der Waals surface area contributed by atoms with Crippen LogP contribution in [-0.2, 0) is 16.0 Å². The van der Waals surface area contributed by atoms with E-state index in [0.717, 1.165) is 22.9 Å².